The Hall–Kier alpha value is -0.770. The summed E-state index contributed by atoms with van der Waals surface area (Å²) in [6, 6.07) is 5.88. The molecule has 3 nitrogen and oxygen atoms in total. The van der Waals surface area contributed by atoms with Crippen LogP contribution in [0.1, 0.15) is 19.7 Å². The highest BCUT2D eigenvalue weighted by molar-refractivity contribution is 6.35. The fourth-order valence-electron chi connectivity index (χ4n) is 2.77. The van der Waals surface area contributed by atoms with E-state index in [0.29, 0.717) is 10.9 Å². The van der Waals surface area contributed by atoms with Crippen molar-refractivity contribution < 1.29 is 0 Å². The van der Waals surface area contributed by atoms with Crippen LogP contribution in [0.5, 0.6) is 0 Å². The summed E-state index contributed by atoms with van der Waals surface area (Å²) in [5.74, 6) is 1.27. The number of para-hydroxylation sites is 1. The normalized spacial score (nSPS) is 12.6. The first-order valence-electron chi connectivity index (χ1n) is 6.68. The first-order chi connectivity index (χ1) is 9.34. The minimum absolute atomic E-state index is 0.125. The topological polar surface area (TPSA) is 21.1 Å². The van der Waals surface area contributed by atoms with Gasteiger partial charge in [-0.05, 0) is 31.6 Å². The molecule has 0 aliphatic carbocycles. The second-order valence-corrected chi connectivity index (χ2v) is 6.93. The van der Waals surface area contributed by atoms with Gasteiger partial charge in [0.05, 0.1) is 16.4 Å². The van der Waals surface area contributed by atoms with Gasteiger partial charge in [0.15, 0.2) is 0 Å². The molecule has 1 aromatic heterocycles. The zero-order valence-corrected chi connectivity index (χ0v) is 14.0. The fraction of sp³-hybridized carbons (Fsp3) is 0.533. The summed E-state index contributed by atoms with van der Waals surface area (Å²) in [6.07, 6.45) is 0. The van der Waals surface area contributed by atoms with Crippen molar-refractivity contribution >= 4 is 34.2 Å². The number of fused-ring (bicyclic) bond motifs is 1. The van der Waals surface area contributed by atoms with E-state index in [1.807, 2.05) is 12.1 Å². The Morgan fingerprint density at radius 2 is 2.00 bits per heavy atom. The van der Waals surface area contributed by atoms with Crippen LogP contribution in [0.4, 0.5) is 0 Å². The minimum Gasteiger partial charge on any atom is -0.326 e. The van der Waals surface area contributed by atoms with Gasteiger partial charge in [0.1, 0.15) is 11.3 Å². The van der Waals surface area contributed by atoms with Crippen LogP contribution in [-0.2, 0) is 12.4 Å². The van der Waals surface area contributed by atoms with E-state index in [4.69, 9.17) is 23.2 Å². The van der Waals surface area contributed by atoms with E-state index in [0.717, 1.165) is 29.9 Å². The van der Waals surface area contributed by atoms with E-state index in [2.05, 4.69) is 48.5 Å². The van der Waals surface area contributed by atoms with Gasteiger partial charge in [-0.15, -0.1) is 11.6 Å². The standard InChI is InChI=1S/C15H21Cl2N3/c1-15(2,9-19(3)4)10-20-12-7-5-6-11(17)14(12)18-13(20)8-16/h5-7H,8-10H2,1-4H3. The maximum atomic E-state index is 6.23. The summed E-state index contributed by atoms with van der Waals surface area (Å²) >= 11 is 12.3. The van der Waals surface area contributed by atoms with Crippen molar-refractivity contribution in [2.45, 2.75) is 26.3 Å². The molecule has 0 radical (unpaired) electrons. The van der Waals surface area contributed by atoms with Crippen LogP contribution >= 0.6 is 23.2 Å². The Morgan fingerprint density at radius 1 is 1.30 bits per heavy atom. The number of halogens is 2. The second-order valence-electron chi connectivity index (χ2n) is 6.26. The summed E-state index contributed by atoms with van der Waals surface area (Å²) in [4.78, 5) is 6.78. The third-order valence-corrected chi connectivity index (χ3v) is 3.80. The van der Waals surface area contributed by atoms with Gasteiger partial charge in [-0.3, -0.25) is 0 Å². The molecule has 0 saturated heterocycles. The molecule has 0 aliphatic rings. The summed E-state index contributed by atoms with van der Waals surface area (Å²) < 4.78 is 2.19. The number of rotatable bonds is 5. The molecule has 0 atom stereocenters. The molecule has 0 saturated carbocycles. The first kappa shape index (κ1) is 15.6. The predicted octanol–water partition coefficient (Wildman–Crippen LogP) is 4.02. The lowest BCUT2D eigenvalue weighted by molar-refractivity contribution is 0.212. The lowest BCUT2D eigenvalue weighted by atomic mass is 9.92. The lowest BCUT2D eigenvalue weighted by Gasteiger charge is -2.29. The predicted molar refractivity (Wildman–Crippen MR) is 86.6 cm³/mol. The SMILES string of the molecule is CN(C)CC(C)(C)Cn1c(CCl)nc2c(Cl)cccc21. The van der Waals surface area contributed by atoms with Crippen LogP contribution in [0.3, 0.4) is 0 Å². The smallest absolute Gasteiger partial charge is 0.124 e. The molecule has 0 aliphatic heterocycles. The molecule has 0 amide bonds. The Balaban J connectivity index is 2.45. The number of imidazole rings is 1. The van der Waals surface area contributed by atoms with Crippen molar-refractivity contribution in [3.05, 3.63) is 29.0 Å². The highest BCUT2D eigenvalue weighted by atomic mass is 35.5. The van der Waals surface area contributed by atoms with Gasteiger partial charge in [0, 0.05) is 13.1 Å². The van der Waals surface area contributed by atoms with Crippen LogP contribution in [-0.4, -0.2) is 35.1 Å². The Kier molecular flexibility index (Phi) is 4.62. The van der Waals surface area contributed by atoms with E-state index in [1.54, 1.807) is 0 Å². The maximum Gasteiger partial charge on any atom is 0.124 e. The number of aromatic nitrogens is 2. The first-order valence-corrected chi connectivity index (χ1v) is 7.59. The van der Waals surface area contributed by atoms with Crippen LogP contribution in [0, 0.1) is 5.41 Å². The molecule has 5 heteroatoms. The van der Waals surface area contributed by atoms with Gasteiger partial charge < -0.3 is 9.47 Å². The third-order valence-electron chi connectivity index (χ3n) is 3.26. The summed E-state index contributed by atoms with van der Waals surface area (Å²) in [5, 5.41) is 0.679. The highest BCUT2D eigenvalue weighted by Gasteiger charge is 2.23. The molecule has 20 heavy (non-hydrogen) atoms. The molecule has 1 heterocycles. The maximum absolute atomic E-state index is 6.23. The van der Waals surface area contributed by atoms with Gasteiger partial charge >= 0.3 is 0 Å². The van der Waals surface area contributed by atoms with Crippen molar-refractivity contribution in [1.29, 1.82) is 0 Å². The van der Waals surface area contributed by atoms with Crippen molar-refractivity contribution in [3.63, 3.8) is 0 Å². The van der Waals surface area contributed by atoms with Gasteiger partial charge in [0.2, 0.25) is 0 Å². The van der Waals surface area contributed by atoms with Gasteiger partial charge in [0.25, 0.3) is 0 Å². The summed E-state index contributed by atoms with van der Waals surface area (Å²) in [6.45, 7) is 6.36. The van der Waals surface area contributed by atoms with E-state index >= 15 is 0 Å². The summed E-state index contributed by atoms with van der Waals surface area (Å²) in [7, 11) is 4.18. The molecular formula is C15H21Cl2N3. The molecular weight excluding hydrogens is 293 g/mol. The van der Waals surface area contributed by atoms with Crippen LogP contribution in [0.25, 0.3) is 11.0 Å². The van der Waals surface area contributed by atoms with Crippen molar-refractivity contribution in [1.82, 2.24) is 14.5 Å². The molecule has 0 N–H and O–H groups in total. The average Bonchev–Trinajstić information content (AvgIpc) is 2.67. The Morgan fingerprint density at radius 3 is 2.60 bits per heavy atom. The molecule has 0 spiro atoms. The number of hydrogen-bond donors (Lipinski definition) is 0. The molecule has 0 bridgehead atoms. The molecule has 2 aromatic rings. The van der Waals surface area contributed by atoms with E-state index in [-0.39, 0.29) is 5.41 Å². The number of nitrogens with zero attached hydrogens (tertiary/aromatic N) is 3. The second kappa shape index (κ2) is 5.92. The van der Waals surface area contributed by atoms with Gasteiger partial charge in [-0.1, -0.05) is 31.5 Å². The fourth-order valence-corrected chi connectivity index (χ4v) is 3.19. The zero-order chi connectivity index (χ0) is 14.9. The number of benzene rings is 1. The number of alkyl halides is 1. The largest absolute Gasteiger partial charge is 0.326 e. The quantitative estimate of drug-likeness (QED) is 0.777. The average molecular weight is 314 g/mol. The molecule has 1 aromatic carbocycles. The van der Waals surface area contributed by atoms with Crippen LogP contribution in [0.15, 0.2) is 18.2 Å². The van der Waals surface area contributed by atoms with Crippen molar-refractivity contribution in [2.75, 3.05) is 20.6 Å². The lowest BCUT2D eigenvalue weighted by Crippen LogP contribution is -2.32. The van der Waals surface area contributed by atoms with Gasteiger partial charge in [-0.2, -0.15) is 0 Å². The summed E-state index contributed by atoms with van der Waals surface area (Å²) in [5.41, 5.74) is 2.02. The third kappa shape index (κ3) is 3.27. The number of hydrogen-bond acceptors (Lipinski definition) is 2. The Labute approximate surface area is 130 Å². The molecule has 0 unspecified atom stereocenters. The highest BCUT2D eigenvalue weighted by Crippen LogP contribution is 2.28. The van der Waals surface area contributed by atoms with Crippen LogP contribution in [0.2, 0.25) is 5.02 Å². The molecule has 110 valence electrons. The molecule has 2 rings (SSSR count). The molecule has 0 fully saturated rings. The van der Waals surface area contributed by atoms with Crippen molar-refractivity contribution in [2.24, 2.45) is 5.41 Å². The van der Waals surface area contributed by atoms with Crippen molar-refractivity contribution in [3.8, 4) is 0 Å². The zero-order valence-electron chi connectivity index (χ0n) is 12.5. The monoisotopic (exact) mass is 313 g/mol. The van der Waals surface area contributed by atoms with Crippen LogP contribution < -0.4 is 0 Å². The van der Waals surface area contributed by atoms with E-state index in [1.165, 1.54) is 0 Å². The Bertz CT molecular complexity index is 602. The van der Waals surface area contributed by atoms with Gasteiger partial charge in [-0.25, -0.2) is 4.98 Å². The van der Waals surface area contributed by atoms with E-state index in [9.17, 15) is 0 Å². The van der Waals surface area contributed by atoms with E-state index < -0.39 is 0 Å². The minimum atomic E-state index is 0.125.